The molecule has 0 bridgehead atoms. The normalized spacial score (nSPS) is 26.1. The number of thiophene rings is 1. The summed E-state index contributed by atoms with van der Waals surface area (Å²) in [6, 6.07) is 2.11. The average molecular weight is 239 g/mol. The Labute approximate surface area is 99.7 Å². The van der Waals surface area contributed by atoms with Gasteiger partial charge in [0.25, 0.3) is 0 Å². The van der Waals surface area contributed by atoms with Crippen molar-refractivity contribution in [3.05, 3.63) is 22.4 Å². The van der Waals surface area contributed by atoms with Crippen molar-refractivity contribution in [2.24, 2.45) is 0 Å². The van der Waals surface area contributed by atoms with E-state index in [-0.39, 0.29) is 0 Å². The van der Waals surface area contributed by atoms with Crippen LogP contribution in [0.3, 0.4) is 0 Å². The summed E-state index contributed by atoms with van der Waals surface area (Å²) in [4.78, 5) is 13.4. The molecule has 1 unspecified atom stereocenters. The summed E-state index contributed by atoms with van der Waals surface area (Å²) in [6.45, 7) is 3.60. The van der Waals surface area contributed by atoms with Gasteiger partial charge in [0.2, 0.25) is 0 Å². The van der Waals surface area contributed by atoms with E-state index in [9.17, 15) is 9.90 Å². The van der Waals surface area contributed by atoms with Crippen LogP contribution in [0.1, 0.15) is 25.3 Å². The zero-order valence-electron chi connectivity index (χ0n) is 9.48. The maximum absolute atomic E-state index is 11.3. The van der Waals surface area contributed by atoms with Crippen molar-refractivity contribution in [3.63, 3.8) is 0 Å². The highest BCUT2D eigenvalue weighted by Crippen LogP contribution is 2.29. The predicted molar refractivity (Wildman–Crippen MR) is 64.9 cm³/mol. The van der Waals surface area contributed by atoms with Crippen LogP contribution in [0, 0.1) is 0 Å². The third kappa shape index (κ3) is 2.13. The highest BCUT2D eigenvalue weighted by molar-refractivity contribution is 7.07. The first-order chi connectivity index (χ1) is 7.63. The van der Waals surface area contributed by atoms with Gasteiger partial charge in [-0.1, -0.05) is 0 Å². The number of carboxylic acids is 1. The maximum Gasteiger partial charge on any atom is 0.323 e. The second kappa shape index (κ2) is 4.55. The van der Waals surface area contributed by atoms with Gasteiger partial charge >= 0.3 is 5.97 Å². The molecule has 1 aliphatic rings. The van der Waals surface area contributed by atoms with Gasteiger partial charge in [-0.15, -0.1) is 0 Å². The van der Waals surface area contributed by atoms with Crippen molar-refractivity contribution >= 4 is 17.3 Å². The minimum atomic E-state index is -0.685. The summed E-state index contributed by atoms with van der Waals surface area (Å²) in [5, 5.41) is 13.5. The van der Waals surface area contributed by atoms with Crippen LogP contribution < -0.4 is 0 Å². The molecule has 1 atom stereocenters. The van der Waals surface area contributed by atoms with Gasteiger partial charge in [-0.05, 0) is 55.1 Å². The van der Waals surface area contributed by atoms with Crippen molar-refractivity contribution < 1.29 is 9.90 Å². The van der Waals surface area contributed by atoms with Gasteiger partial charge in [-0.3, -0.25) is 9.69 Å². The molecule has 4 heteroatoms. The van der Waals surface area contributed by atoms with E-state index >= 15 is 0 Å². The molecule has 1 N–H and O–H groups in total. The number of rotatable bonds is 4. The van der Waals surface area contributed by atoms with Crippen LogP contribution in [0.15, 0.2) is 16.8 Å². The van der Waals surface area contributed by atoms with Crippen LogP contribution in [0.4, 0.5) is 0 Å². The van der Waals surface area contributed by atoms with Gasteiger partial charge in [-0.25, -0.2) is 0 Å². The van der Waals surface area contributed by atoms with Gasteiger partial charge in [0.15, 0.2) is 0 Å². The predicted octanol–water partition coefficient (Wildman–Crippen LogP) is 2.23. The molecule has 88 valence electrons. The van der Waals surface area contributed by atoms with E-state index in [0.29, 0.717) is 0 Å². The highest BCUT2D eigenvalue weighted by atomic mass is 32.1. The molecule has 16 heavy (non-hydrogen) atoms. The van der Waals surface area contributed by atoms with Gasteiger partial charge < -0.3 is 5.11 Å². The third-order valence-corrected chi connectivity index (χ3v) is 4.23. The largest absolute Gasteiger partial charge is 0.480 e. The molecule has 1 fully saturated rings. The van der Waals surface area contributed by atoms with E-state index < -0.39 is 11.5 Å². The van der Waals surface area contributed by atoms with Gasteiger partial charge in [0.1, 0.15) is 5.54 Å². The Kier molecular flexibility index (Phi) is 3.30. The Morgan fingerprint density at radius 3 is 3.12 bits per heavy atom. The number of hydrogen-bond acceptors (Lipinski definition) is 3. The van der Waals surface area contributed by atoms with Crippen LogP contribution in [-0.2, 0) is 11.2 Å². The summed E-state index contributed by atoms with van der Waals surface area (Å²) in [5.74, 6) is -0.685. The highest BCUT2D eigenvalue weighted by Gasteiger charge is 2.42. The van der Waals surface area contributed by atoms with Crippen molar-refractivity contribution in [2.45, 2.75) is 31.7 Å². The van der Waals surface area contributed by atoms with Gasteiger partial charge in [0, 0.05) is 6.54 Å². The summed E-state index contributed by atoms with van der Waals surface area (Å²) in [7, 11) is 0. The molecule has 2 heterocycles. The standard InChI is InChI=1S/C12H17NO2S/c1-12(11(14)15)5-2-6-13(12)7-3-10-4-8-16-9-10/h4,8-9H,2-3,5-7H2,1H3,(H,14,15). The Morgan fingerprint density at radius 2 is 2.50 bits per heavy atom. The Bertz CT molecular complexity index is 363. The lowest BCUT2D eigenvalue weighted by molar-refractivity contribution is -0.148. The topological polar surface area (TPSA) is 40.5 Å². The molecule has 0 radical (unpaired) electrons. The fraction of sp³-hybridized carbons (Fsp3) is 0.583. The van der Waals surface area contributed by atoms with Crippen molar-refractivity contribution in [1.82, 2.24) is 4.90 Å². The first-order valence-corrected chi connectivity index (χ1v) is 6.57. The zero-order valence-corrected chi connectivity index (χ0v) is 10.3. The molecule has 0 saturated carbocycles. The van der Waals surface area contributed by atoms with Crippen LogP contribution in [-0.4, -0.2) is 34.6 Å². The number of carbonyl (C=O) groups is 1. The minimum absolute atomic E-state index is 0.643. The number of hydrogen-bond donors (Lipinski definition) is 1. The second-order valence-electron chi connectivity index (χ2n) is 4.55. The lowest BCUT2D eigenvalue weighted by Gasteiger charge is -2.30. The van der Waals surface area contributed by atoms with E-state index in [4.69, 9.17) is 0 Å². The van der Waals surface area contributed by atoms with E-state index in [1.807, 2.05) is 6.92 Å². The molecular weight excluding hydrogens is 222 g/mol. The van der Waals surface area contributed by atoms with Crippen LogP contribution in [0.5, 0.6) is 0 Å². The first-order valence-electron chi connectivity index (χ1n) is 5.62. The summed E-state index contributed by atoms with van der Waals surface area (Å²) in [5.41, 5.74) is 0.667. The molecule has 2 rings (SSSR count). The van der Waals surface area contributed by atoms with E-state index in [2.05, 4.69) is 21.7 Å². The summed E-state index contributed by atoms with van der Waals surface area (Å²) in [6.07, 6.45) is 2.71. The fourth-order valence-electron chi connectivity index (χ4n) is 2.32. The average Bonchev–Trinajstić information content (AvgIpc) is 2.85. The van der Waals surface area contributed by atoms with Gasteiger partial charge in [0.05, 0.1) is 0 Å². The molecular formula is C12H17NO2S. The molecule has 3 nitrogen and oxygen atoms in total. The summed E-state index contributed by atoms with van der Waals surface area (Å²) < 4.78 is 0. The molecule has 0 aliphatic carbocycles. The SMILES string of the molecule is CC1(C(=O)O)CCCN1CCc1ccsc1. The maximum atomic E-state index is 11.3. The second-order valence-corrected chi connectivity index (χ2v) is 5.33. The van der Waals surface area contributed by atoms with Crippen molar-refractivity contribution in [1.29, 1.82) is 0 Å². The molecule has 0 amide bonds. The molecule has 0 aromatic carbocycles. The van der Waals surface area contributed by atoms with Crippen LogP contribution >= 0.6 is 11.3 Å². The van der Waals surface area contributed by atoms with Crippen LogP contribution in [0.2, 0.25) is 0 Å². The van der Waals surface area contributed by atoms with E-state index in [1.54, 1.807) is 11.3 Å². The van der Waals surface area contributed by atoms with Gasteiger partial charge in [-0.2, -0.15) is 11.3 Å². The van der Waals surface area contributed by atoms with E-state index in [0.717, 1.165) is 32.4 Å². The zero-order chi connectivity index (χ0) is 11.6. The first kappa shape index (κ1) is 11.6. The fourth-order valence-corrected chi connectivity index (χ4v) is 3.02. The molecule has 1 aromatic rings. The van der Waals surface area contributed by atoms with Crippen LogP contribution in [0.25, 0.3) is 0 Å². The lowest BCUT2D eigenvalue weighted by atomic mass is 9.99. The molecule has 1 saturated heterocycles. The number of carboxylic acid groups (broad SMARTS) is 1. The Balaban J connectivity index is 1.96. The number of nitrogens with zero attached hydrogens (tertiary/aromatic N) is 1. The molecule has 1 aliphatic heterocycles. The number of aliphatic carboxylic acids is 1. The Morgan fingerprint density at radius 1 is 1.69 bits per heavy atom. The monoisotopic (exact) mass is 239 g/mol. The number of likely N-dealkylation sites (tertiary alicyclic amines) is 1. The smallest absolute Gasteiger partial charge is 0.323 e. The third-order valence-electron chi connectivity index (χ3n) is 3.50. The molecule has 1 aromatic heterocycles. The summed E-state index contributed by atoms with van der Waals surface area (Å²) >= 11 is 1.69. The van der Waals surface area contributed by atoms with Crippen molar-refractivity contribution in [2.75, 3.05) is 13.1 Å². The minimum Gasteiger partial charge on any atom is -0.480 e. The molecule has 0 spiro atoms. The lowest BCUT2D eigenvalue weighted by Crippen LogP contribution is -2.48. The quantitative estimate of drug-likeness (QED) is 0.876. The van der Waals surface area contributed by atoms with E-state index in [1.165, 1.54) is 5.56 Å². The Hall–Kier alpha value is -0.870. The van der Waals surface area contributed by atoms with Crippen molar-refractivity contribution in [3.8, 4) is 0 Å².